The van der Waals surface area contributed by atoms with Crippen LogP contribution < -0.4 is 0 Å². The average molecular weight is 180 g/mol. The first kappa shape index (κ1) is 9.61. The zero-order chi connectivity index (χ0) is 9.68. The number of aliphatic hydroxyl groups is 2. The number of benzene rings is 1. The lowest BCUT2D eigenvalue weighted by Gasteiger charge is -2.06. The van der Waals surface area contributed by atoms with Gasteiger partial charge in [-0.2, -0.15) is 0 Å². The largest absolute Gasteiger partial charge is 0.481 e. The highest BCUT2D eigenvalue weighted by Gasteiger charge is 2.06. The molecule has 0 bridgehead atoms. The molecule has 0 fully saturated rings. The van der Waals surface area contributed by atoms with Crippen molar-refractivity contribution in [3.05, 3.63) is 41.8 Å². The van der Waals surface area contributed by atoms with Gasteiger partial charge in [-0.05, 0) is 5.56 Å². The summed E-state index contributed by atoms with van der Waals surface area (Å²) in [6, 6.07) is 9.10. The van der Waals surface area contributed by atoms with Gasteiger partial charge in [0.05, 0.1) is 19.3 Å². The normalized spacial score (nSPS) is 12.2. The summed E-state index contributed by atoms with van der Waals surface area (Å²) in [4.78, 5) is 0. The Labute approximate surface area is 76.9 Å². The predicted molar refractivity (Wildman–Crippen MR) is 50.1 cm³/mol. The molecule has 0 aromatic heterocycles. The molecule has 13 heavy (non-hydrogen) atoms. The minimum Gasteiger partial charge on any atom is -0.481 e. The highest BCUT2D eigenvalue weighted by molar-refractivity contribution is 5.66. The fourth-order valence-electron chi connectivity index (χ4n) is 1.04. The van der Waals surface area contributed by atoms with E-state index < -0.39 is 0 Å². The molecule has 0 atom stereocenters. The van der Waals surface area contributed by atoms with Crippen LogP contribution in [0.1, 0.15) is 5.56 Å². The minimum absolute atomic E-state index is 0.242. The second-order valence-corrected chi connectivity index (χ2v) is 2.51. The molecule has 1 aromatic carbocycles. The van der Waals surface area contributed by atoms with E-state index in [4.69, 9.17) is 5.11 Å². The lowest BCUT2D eigenvalue weighted by Crippen LogP contribution is -1.97. The molecule has 3 nitrogen and oxygen atoms in total. The molecule has 0 saturated carbocycles. The van der Waals surface area contributed by atoms with E-state index in [9.17, 15) is 5.11 Å². The molecule has 2 N–H and O–H groups in total. The molecule has 0 unspecified atom stereocenters. The van der Waals surface area contributed by atoms with E-state index in [0.29, 0.717) is 5.57 Å². The van der Waals surface area contributed by atoms with Crippen LogP contribution in [0.4, 0.5) is 0 Å². The van der Waals surface area contributed by atoms with Gasteiger partial charge in [-0.3, -0.25) is 0 Å². The Morgan fingerprint density at radius 1 is 1.31 bits per heavy atom. The van der Waals surface area contributed by atoms with Gasteiger partial charge < -0.3 is 14.9 Å². The standard InChI is InChI=1S/C10H12O3/c1-13-10(12)9(7-11)8-5-3-2-4-6-8/h2-6,11-12H,7H2,1H3/b10-9+. The van der Waals surface area contributed by atoms with Crippen molar-refractivity contribution in [1.82, 2.24) is 0 Å². The van der Waals surface area contributed by atoms with Crippen molar-refractivity contribution in [2.45, 2.75) is 0 Å². The van der Waals surface area contributed by atoms with E-state index in [2.05, 4.69) is 4.74 Å². The molecule has 3 heteroatoms. The molecule has 0 aliphatic rings. The van der Waals surface area contributed by atoms with Gasteiger partial charge in [0.2, 0.25) is 0 Å². The van der Waals surface area contributed by atoms with Crippen molar-refractivity contribution in [3.8, 4) is 0 Å². The molecule has 1 rings (SSSR count). The van der Waals surface area contributed by atoms with Crippen LogP contribution in [-0.2, 0) is 4.74 Å². The summed E-state index contributed by atoms with van der Waals surface area (Å²) in [5.74, 6) is -0.242. The minimum atomic E-state index is -0.246. The molecule has 0 radical (unpaired) electrons. The SMILES string of the molecule is CO/C(O)=C(\CO)c1ccccc1. The Hall–Kier alpha value is -1.48. The molecular weight excluding hydrogens is 168 g/mol. The number of hydrogen-bond acceptors (Lipinski definition) is 3. The highest BCUT2D eigenvalue weighted by atomic mass is 16.6. The first-order valence-corrected chi connectivity index (χ1v) is 3.92. The first-order chi connectivity index (χ1) is 6.29. The topological polar surface area (TPSA) is 49.7 Å². The lowest BCUT2D eigenvalue weighted by atomic mass is 10.1. The first-order valence-electron chi connectivity index (χ1n) is 3.92. The van der Waals surface area contributed by atoms with Crippen LogP contribution in [0.2, 0.25) is 0 Å². The maximum atomic E-state index is 9.27. The lowest BCUT2D eigenvalue weighted by molar-refractivity contribution is 0.135. The van der Waals surface area contributed by atoms with Crippen molar-refractivity contribution in [1.29, 1.82) is 0 Å². The molecule has 0 heterocycles. The van der Waals surface area contributed by atoms with Gasteiger partial charge in [-0.1, -0.05) is 30.3 Å². The number of ether oxygens (including phenoxy) is 1. The fourth-order valence-corrected chi connectivity index (χ4v) is 1.04. The molecular formula is C10H12O3. The summed E-state index contributed by atoms with van der Waals surface area (Å²) in [6.45, 7) is -0.246. The van der Waals surface area contributed by atoms with Crippen LogP contribution in [0, 0.1) is 0 Å². The van der Waals surface area contributed by atoms with Gasteiger partial charge in [0.25, 0.3) is 5.95 Å². The zero-order valence-electron chi connectivity index (χ0n) is 7.40. The van der Waals surface area contributed by atoms with E-state index in [0.717, 1.165) is 5.56 Å². The van der Waals surface area contributed by atoms with E-state index in [1.54, 1.807) is 12.1 Å². The van der Waals surface area contributed by atoms with E-state index in [1.807, 2.05) is 18.2 Å². The highest BCUT2D eigenvalue weighted by Crippen LogP contribution is 2.16. The van der Waals surface area contributed by atoms with Gasteiger partial charge >= 0.3 is 0 Å². The molecule has 0 amide bonds. The van der Waals surface area contributed by atoms with Gasteiger partial charge in [-0.15, -0.1) is 0 Å². The van der Waals surface area contributed by atoms with Crippen molar-refractivity contribution < 1.29 is 14.9 Å². The molecule has 0 aliphatic heterocycles. The van der Waals surface area contributed by atoms with Crippen LogP contribution >= 0.6 is 0 Å². The van der Waals surface area contributed by atoms with E-state index >= 15 is 0 Å². The summed E-state index contributed by atoms with van der Waals surface area (Å²) >= 11 is 0. The van der Waals surface area contributed by atoms with E-state index in [1.165, 1.54) is 7.11 Å². The van der Waals surface area contributed by atoms with Crippen LogP contribution in [0.3, 0.4) is 0 Å². The zero-order valence-corrected chi connectivity index (χ0v) is 7.40. The Morgan fingerprint density at radius 3 is 2.38 bits per heavy atom. The van der Waals surface area contributed by atoms with Gasteiger partial charge in [0.1, 0.15) is 0 Å². The molecule has 70 valence electrons. The third-order valence-corrected chi connectivity index (χ3v) is 1.73. The second kappa shape index (κ2) is 4.52. The summed E-state index contributed by atoms with van der Waals surface area (Å²) < 4.78 is 4.63. The van der Waals surface area contributed by atoms with Crippen molar-refractivity contribution in [2.24, 2.45) is 0 Å². The summed E-state index contributed by atoms with van der Waals surface area (Å²) in [7, 11) is 1.36. The quantitative estimate of drug-likeness (QED) is 0.694. The molecule has 0 aliphatic carbocycles. The fraction of sp³-hybridized carbons (Fsp3) is 0.200. The maximum absolute atomic E-state index is 9.27. The molecule has 0 spiro atoms. The average Bonchev–Trinajstić information content (AvgIpc) is 2.20. The van der Waals surface area contributed by atoms with Gasteiger partial charge in [0, 0.05) is 0 Å². The smallest absolute Gasteiger partial charge is 0.282 e. The number of methoxy groups -OCH3 is 1. The van der Waals surface area contributed by atoms with Crippen molar-refractivity contribution in [2.75, 3.05) is 13.7 Å². The molecule has 1 aromatic rings. The number of hydrogen-bond donors (Lipinski definition) is 2. The summed E-state index contributed by atoms with van der Waals surface area (Å²) in [6.07, 6.45) is 0. The number of rotatable bonds is 3. The van der Waals surface area contributed by atoms with Crippen LogP contribution in [0.25, 0.3) is 5.57 Å². The predicted octanol–water partition coefficient (Wildman–Crippen LogP) is 1.55. The van der Waals surface area contributed by atoms with Gasteiger partial charge in [-0.25, -0.2) is 0 Å². The van der Waals surface area contributed by atoms with Crippen LogP contribution in [0.5, 0.6) is 0 Å². The van der Waals surface area contributed by atoms with Crippen LogP contribution in [0.15, 0.2) is 36.3 Å². The third kappa shape index (κ3) is 2.23. The Balaban J connectivity index is 3.05. The van der Waals surface area contributed by atoms with Gasteiger partial charge in [0.15, 0.2) is 0 Å². The second-order valence-electron chi connectivity index (χ2n) is 2.51. The third-order valence-electron chi connectivity index (χ3n) is 1.73. The van der Waals surface area contributed by atoms with Crippen molar-refractivity contribution >= 4 is 5.57 Å². The monoisotopic (exact) mass is 180 g/mol. The maximum Gasteiger partial charge on any atom is 0.282 e. The van der Waals surface area contributed by atoms with E-state index in [-0.39, 0.29) is 12.6 Å². The Kier molecular flexibility index (Phi) is 3.34. The Bertz CT molecular complexity index is 290. The number of aliphatic hydroxyl groups excluding tert-OH is 2. The summed E-state index contributed by atoms with van der Waals surface area (Å²) in [5, 5.41) is 18.3. The summed E-state index contributed by atoms with van der Waals surface area (Å²) in [5.41, 5.74) is 1.15. The van der Waals surface area contributed by atoms with Crippen LogP contribution in [-0.4, -0.2) is 23.9 Å². The molecule has 0 saturated heterocycles. The van der Waals surface area contributed by atoms with Crippen molar-refractivity contribution in [3.63, 3.8) is 0 Å². The Morgan fingerprint density at radius 2 is 1.92 bits per heavy atom.